The summed E-state index contributed by atoms with van der Waals surface area (Å²) in [6.45, 7) is 2.64. The highest BCUT2D eigenvalue weighted by molar-refractivity contribution is 7.99. The van der Waals surface area contributed by atoms with Crippen LogP contribution in [-0.4, -0.2) is 50.3 Å². The zero-order chi connectivity index (χ0) is 15.2. The summed E-state index contributed by atoms with van der Waals surface area (Å²) in [4.78, 5) is 2.42. The lowest BCUT2D eigenvalue weighted by Gasteiger charge is -2.31. The number of rotatable bonds is 5. The van der Waals surface area contributed by atoms with E-state index < -0.39 is 0 Å². The van der Waals surface area contributed by atoms with Crippen molar-refractivity contribution in [2.45, 2.75) is 12.5 Å². The van der Waals surface area contributed by atoms with Crippen LogP contribution in [0.5, 0.6) is 11.5 Å². The summed E-state index contributed by atoms with van der Waals surface area (Å²) in [5, 5.41) is 0.601. The summed E-state index contributed by atoms with van der Waals surface area (Å²) in [5.74, 6) is 3.59. The van der Waals surface area contributed by atoms with Crippen LogP contribution in [-0.2, 0) is 0 Å². The fourth-order valence-electron chi connectivity index (χ4n) is 2.71. The second kappa shape index (κ2) is 8.13. The fourth-order valence-corrected chi connectivity index (χ4v) is 3.97. The average Bonchev–Trinajstić information content (AvgIpc) is 2.78. The topological polar surface area (TPSA) is 47.7 Å². The molecule has 0 aliphatic carbocycles. The van der Waals surface area contributed by atoms with Gasteiger partial charge in [-0.15, -0.1) is 0 Å². The molecule has 1 unspecified atom stereocenters. The molecule has 0 radical (unpaired) electrons. The number of hydrogen-bond donors (Lipinski definition) is 1. The molecule has 1 aromatic carbocycles. The van der Waals surface area contributed by atoms with E-state index in [1.807, 2.05) is 23.9 Å². The van der Waals surface area contributed by atoms with Crippen LogP contribution in [0.15, 0.2) is 12.1 Å². The molecule has 1 fully saturated rings. The molecule has 2 rings (SSSR count). The Morgan fingerprint density at radius 3 is 2.76 bits per heavy atom. The molecule has 1 aromatic rings. The van der Waals surface area contributed by atoms with Crippen LogP contribution in [0.1, 0.15) is 18.0 Å². The van der Waals surface area contributed by atoms with Crippen molar-refractivity contribution < 1.29 is 9.47 Å². The Morgan fingerprint density at radius 2 is 2.10 bits per heavy atom. The van der Waals surface area contributed by atoms with Crippen molar-refractivity contribution in [1.82, 2.24) is 4.90 Å². The van der Waals surface area contributed by atoms with Crippen LogP contribution in [0.3, 0.4) is 0 Å². The van der Waals surface area contributed by atoms with Crippen LogP contribution >= 0.6 is 23.4 Å². The van der Waals surface area contributed by atoms with Crippen molar-refractivity contribution in [2.24, 2.45) is 5.73 Å². The van der Waals surface area contributed by atoms with E-state index in [1.54, 1.807) is 14.2 Å². The standard InChI is InChI=1S/C15H23ClN2O2S/c1-19-13-5-4-11(14(16)15(13)20-2)12(10-17)18-6-3-8-21-9-7-18/h4-5,12H,3,6-10,17H2,1-2H3. The largest absolute Gasteiger partial charge is 0.493 e. The minimum Gasteiger partial charge on any atom is -0.493 e. The normalized spacial score (nSPS) is 18.1. The van der Waals surface area contributed by atoms with Crippen molar-refractivity contribution >= 4 is 23.4 Å². The first-order valence-electron chi connectivity index (χ1n) is 7.15. The van der Waals surface area contributed by atoms with E-state index in [4.69, 9.17) is 26.8 Å². The van der Waals surface area contributed by atoms with Gasteiger partial charge in [0.2, 0.25) is 0 Å². The van der Waals surface area contributed by atoms with E-state index in [2.05, 4.69) is 4.90 Å². The summed E-state index contributed by atoms with van der Waals surface area (Å²) in [5.41, 5.74) is 7.06. The molecule has 1 saturated heterocycles. The highest BCUT2D eigenvalue weighted by Crippen LogP contribution is 2.40. The number of halogens is 1. The van der Waals surface area contributed by atoms with Gasteiger partial charge in [0.25, 0.3) is 0 Å². The van der Waals surface area contributed by atoms with Gasteiger partial charge in [0.15, 0.2) is 11.5 Å². The Labute approximate surface area is 135 Å². The summed E-state index contributed by atoms with van der Waals surface area (Å²) in [6, 6.07) is 4.02. The first-order valence-corrected chi connectivity index (χ1v) is 8.68. The molecule has 118 valence electrons. The van der Waals surface area contributed by atoms with Gasteiger partial charge in [0.1, 0.15) is 0 Å². The van der Waals surface area contributed by atoms with Crippen molar-refractivity contribution in [1.29, 1.82) is 0 Å². The first-order chi connectivity index (χ1) is 10.2. The number of nitrogens with two attached hydrogens (primary N) is 1. The SMILES string of the molecule is COc1ccc(C(CN)N2CCCSCC2)c(Cl)c1OC. The van der Waals surface area contributed by atoms with Crippen LogP contribution in [0.4, 0.5) is 0 Å². The Morgan fingerprint density at radius 1 is 1.29 bits per heavy atom. The monoisotopic (exact) mass is 330 g/mol. The van der Waals surface area contributed by atoms with Crippen LogP contribution in [0.2, 0.25) is 5.02 Å². The number of hydrogen-bond acceptors (Lipinski definition) is 5. The first kappa shape index (κ1) is 16.7. The highest BCUT2D eigenvalue weighted by atomic mass is 35.5. The van der Waals surface area contributed by atoms with Gasteiger partial charge in [-0.3, -0.25) is 4.90 Å². The van der Waals surface area contributed by atoms with Gasteiger partial charge >= 0.3 is 0 Å². The van der Waals surface area contributed by atoms with Gasteiger partial charge in [-0.05, 0) is 30.3 Å². The van der Waals surface area contributed by atoms with Crippen LogP contribution in [0.25, 0.3) is 0 Å². The lowest BCUT2D eigenvalue weighted by Crippen LogP contribution is -2.35. The summed E-state index contributed by atoms with van der Waals surface area (Å²) in [6.07, 6.45) is 1.19. The van der Waals surface area contributed by atoms with Crippen molar-refractivity contribution in [3.05, 3.63) is 22.7 Å². The van der Waals surface area contributed by atoms with Gasteiger partial charge in [0.05, 0.1) is 19.2 Å². The molecule has 6 heteroatoms. The predicted octanol–water partition coefficient (Wildman–Crippen LogP) is 2.80. The summed E-state index contributed by atoms with van der Waals surface area (Å²) < 4.78 is 10.7. The maximum Gasteiger partial charge on any atom is 0.179 e. The smallest absolute Gasteiger partial charge is 0.179 e. The second-order valence-corrected chi connectivity index (χ2v) is 6.56. The molecule has 1 aliphatic rings. The summed E-state index contributed by atoms with van der Waals surface area (Å²) >= 11 is 8.53. The maximum atomic E-state index is 6.53. The number of nitrogens with zero attached hydrogens (tertiary/aromatic N) is 1. The van der Waals surface area contributed by atoms with Crippen molar-refractivity contribution in [3.63, 3.8) is 0 Å². The predicted molar refractivity (Wildman–Crippen MR) is 89.9 cm³/mol. The van der Waals surface area contributed by atoms with E-state index in [0.717, 1.165) is 24.4 Å². The van der Waals surface area contributed by atoms with E-state index in [1.165, 1.54) is 12.2 Å². The molecule has 0 bridgehead atoms. The molecule has 0 amide bonds. The van der Waals surface area contributed by atoms with Crippen molar-refractivity contribution in [2.75, 3.05) is 45.4 Å². The van der Waals surface area contributed by atoms with E-state index in [-0.39, 0.29) is 6.04 Å². The number of thioether (sulfide) groups is 1. The Kier molecular flexibility index (Phi) is 6.48. The molecule has 4 nitrogen and oxygen atoms in total. The van der Waals surface area contributed by atoms with Crippen LogP contribution < -0.4 is 15.2 Å². The molecule has 0 aromatic heterocycles. The number of benzene rings is 1. The van der Waals surface area contributed by atoms with Crippen molar-refractivity contribution in [3.8, 4) is 11.5 Å². The average molecular weight is 331 g/mol. The third kappa shape index (κ3) is 3.77. The Hall–Kier alpha value is -0.620. The third-order valence-electron chi connectivity index (χ3n) is 3.79. The van der Waals surface area contributed by atoms with Gasteiger partial charge < -0.3 is 15.2 Å². The van der Waals surface area contributed by atoms with Gasteiger partial charge in [-0.2, -0.15) is 11.8 Å². The zero-order valence-corrected chi connectivity index (χ0v) is 14.2. The molecular weight excluding hydrogens is 308 g/mol. The quantitative estimate of drug-likeness (QED) is 0.899. The van der Waals surface area contributed by atoms with Gasteiger partial charge in [-0.25, -0.2) is 0 Å². The highest BCUT2D eigenvalue weighted by Gasteiger charge is 2.25. The summed E-state index contributed by atoms with van der Waals surface area (Å²) in [7, 11) is 3.22. The molecule has 0 spiro atoms. The van der Waals surface area contributed by atoms with E-state index in [0.29, 0.717) is 23.1 Å². The molecule has 1 heterocycles. The molecule has 1 atom stereocenters. The van der Waals surface area contributed by atoms with Gasteiger partial charge in [0, 0.05) is 24.9 Å². The fraction of sp³-hybridized carbons (Fsp3) is 0.600. The molecule has 21 heavy (non-hydrogen) atoms. The minimum atomic E-state index is 0.121. The zero-order valence-electron chi connectivity index (χ0n) is 12.6. The third-order valence-corrected chi connectivity index (χ3v) is 5.23. The van der Waals surface area contributed by atoms with E-state index in [9.17, 15) is 0 Å². The Bertz CT molecular complexity index is 465. The molecule has 0 saturated carbocycles. The van der Waals surface area contributed by atoms with E-state index >= 15 is 0 Å². The van der Waals surface area contributed by atoms with Crippen LogP contribution in [0, 0.1) is 0 Å². The molecule has 2 N–H and O–H groups in total. The maximum absolute atomic E-state index is 6.53. The molecule has 1 aliphatic heterocycles. The van der Waals surface area contributed by atoms with Gasteiger partial charge in [-0.1, -0.05) is 17.7 Å². The Balaban J connectivity index is 2.33. The minimum absolute atomic E-state index is 0.121. The molecular formula is C15H23ClN2O2S. The number of ether oxygens (including phenoxy) is 2. The lowest BCUT2D eigenvalue weighted by molar-refractivity contribution is 0.217. The second-order valence-electron chi connectivity index (χ2n) is 4.96. The lowest BCUT2D eigenvalue weighted by atomic mass is 10.0. The number of methoxy groups -OCH3 is 2.